The molecule has 9 nitrogen and oxygen atoms in total. The van der Waals surface area contributed by atoms with E-state index in [0.717, 1.165) is 22.7 Å². The number of methoxy groups -OCH3 is 1. The van der Waals surface area contributed by atoms with Crippen molar-refractivity contribution in [1.82, 2.24) is 14.8 Å². The number of thiophene rings is 1. The van der Waals surface area contributed by atoms with Gasteiger partial charge in [-0.2, -0.15) is 0 Å². The van der Waals surface area contributed by atoms with E-state index in [0.29, 0.717) is 17.3 Å². The first-order valence-corrected chi connectivity index (χ1v) is 11.1. The molecule has 162 valence electrons. The summed E-state index contributed by atoms with van der Waals surface area (Å²) in [5.41, 5.74) is 6.81. The summed E-state index contributed by atoms with van der Waals surface area (Å²) < 4.78 is 6.70. The van der Waals surface area contributed by atoms with Gasteiger partial charge in [0.25, 0.3) is 5.91 Å². The van der Waals surface area contributed by atoms with E-state index < -0.39 is 11.9 Å². The number of hydrogen-bond donors (Lipinski definition) is 2. The molecule has 0 aliphatic heterocycles. The third kappa shape index (κ3) is 4.78. The normalized spacial score (nSPS) is 10.7. The van der Waals surface area contributed by atoms with Crippen molar-refractivity contribution < 1.29 is 19.1 Å². The number of carbonyl (C=O) groups excluding carboxylic acids is 3. The van der Waals surface area contributed by atoms with Gasteiger partial charge in [0.15, 0.2) is 11.0 Å². The number of nitrogens with one attached hydrogen (secondary N) is 1. The Labute approximate surface area is 187 Å². The van der Waals surface area contributed by atoms with Crippen molar-refractivity contribution in [3.63, 3.8) is 0 Å². The zero-order valence-corrected chi connectivity index (χ0v) is 18.8. The number of aromatic nitrogens is 3. The van der Waals surface area contributed by atoms with Crippen LogP contribution in [-0.2, 0) is 16.1 Å². The first kappa shape index (κ1) is 22.5. The molecular weight excluding hydrogens is 438 g/mol. The van der Waals surface area contributed by atoms with Gasteiger partial charge in [-0.3, -0.25) is 9.59 Å². The Hall–Kier alpha value is -3.18. The van der Waals surface area contributed by atoms with Gasteiger partial charge < -0.3 is 20.4 Å². The molecule has 0 spiro atoms. The number of anilines is 1. The quantitative estimate of drug-likeness (QED) is 0.391. The molecule has 0 aliphatic rings. The fourth-order valence-electron chi connectivity index (χ4n) is 2.96. The zero-order chi connectivity index (χ0) is 22.5. The van der Waals surface area contributed by atoms with Crippen LogP contribution in [0.15, 0.2) is 35.5 Å². The number of primary amides is 1. The SMILES string of the molecule is CCn1c(SCC(=O)Nc2sc(C(N)=O)c(C)c2C(=O)OC)nnc1-c1ccccc1. The molecule has 0 radical (unpaired) electrons. The van der Waals surface area contributed by atoms with Gasteiger partial charge in [-0.25, -0.2) is 4.79 Å². The highest BCUT2D eigenvalue weighted by Gasteiger charge is 2.25. The minimum atomic E-state index is -0.674. The van der Waals surface area contributed by atoms with E-state index in [1.54, 1.807) is 6.92 Å². The number of hydrogen-bond acceptors (Lipinski definition) is 8. The van der Waals surface area contributed by atoms with Gasteiger partial charge in [0.05, 0.1) is 23.3 Å². The third-order valence-electron chi connectivity index (χ3n) is 4.41. The number of carbonyl (C=O) groups is 3. The van der Waals surface area contributed by atoms with Crippen LogP contribution in [0.4, 0.5) is 5.00 Å². The van der Waals surface area contributed by atoms with Gasteiger partial charge in [0, 0.05) is 12.1 Å². The summed E-state index contributed by atoms with van der Waals surface area (Å²) in [6.07, 6.45) is 0. The Bertz CT molecular complexity index is 1120. The highest BCUT2D eigenvalue weighted by atomic mass is 32.2. The second-order valence-corrected chi connectivity index (χ2v) is 8.33. The van der Waals surface area contributed by atoms with Crippen molar-refractivity contribution >= 4 is 45.9 Å². The lowest BCUT2D eigenvalue weighted by Gasteiger charge is -2.08. The highest BCUT2D eigenvalue weighted by molar-refractivity contribution is 7.99. The third-order valence-corrected chi connectivity index (χ3v) is 6.60. The summed E-state index contributed by atoms with van der Waals surface area (Å²) in [5.74, 6) is -0.927. The van der Waals surface area contributed by atoms with E-state index >= 15 is 0 Å². The second kappa shape index (κ2) is 9.75. The van der Waals surface area contributed by atoms with E-state index in [2.05, 4.69) is 15.5 Å². The lowest BCUT2D eigenvalue weighted by Crippen LogP contribution is -2.16. The first-order chi connectivity index (χ1) is 14.9. The number of esters is 1. The summed E-state index contributed by atoms with van der Waals surface area (Å²) in [5, 5.41) is 12.0. The van der Waals surface area contributed by atoms with E-state index in [-0.39, 0.29) is 27.1 Å². The molecule has 0 atom stereocenters. The molecule has 2 aromatic heterocycles. The highest BCUT2D eigenvalue weighted by Crippen LogP contribution is 2.33. The number of nitrogens with two attached hydrogens (primary N) is 1. The molecule has 3 N–H and O–H groups in total. The first-order valence-electron chi connectivity index (χ1n) is 9.30. The number of nitrogens with zero attached hydrogens (tertiary/aromatic N) is 3. The maximum Gasteiger partial charge on any atom is 0.341 e. The molecule has 0 fully saturated rings. The summed E-state index contributed by atoms with van der Waals surface area (Å²) in [6.45, 7) is 4.20. The molecule has 2 heterocycles. The fourth-order valence-corrected chi connectivity index (χ4v) is 4.82. The van der Waals surface area contributed by atoms with Crippen LogP contribution in [0.5, 0.6) is 0 Å². The average molecular weight is 460 g/mol. The molecule has 2 amide bonds. The minimum absolute atomic E-state index is 0.0381. The van der Waals surface area contributed by atoms with Gasteiger partial charge in [0.2, 0.25) is 5.91 Å². The van der Waals surface area contributed by atoms with Crippen LogP contribution >= 0.6 is 23.1 Å². The van der Waals surface area contributed by atoms with E-state index in [1.807, 2.05) is 41.8 Å². The summed E-state index contributed by atoms with van der Waals surface area (Å²) >= 11 is 2.17. The molecule has 3 aromatic rings. The van der Waals surface area contributed by atoms with Crippen molar-refractivity contribution in [3.05, 3.63) is 46.3 Å². The van der Waals surface area contributed by atoms with Crippen molar-refractivity contribution in [3.8, 4) is 11.4 Å². The van der Waals surface area contributed by atoms with Crippen molar-refractivity contribution in [2.75, 3.05) is 18.2 Å². The largest absolute Gasteiger partial charge is 0.465 e. The zero-order valence-electron chi connectivity index (χ0n) is 17.2. The number of benzene rings is 1. The Balaban J connectivity index is 1.76. The maximum absolute atomic E-state index is 12.6. The molecule has 31 heavy (non-hydrogen) atoms. The average Bonchev–Trinajstić information content (AvgIpc) is 3.32. The molecule has 0 saturated carbocycles. The Morgan fingerprint density at radius 2 is 1.94 bits per heavy atom. The van der Waals surface area contributed by atoms with Crippen LogP contribution in [0.2, 0.25) is 0 Å². The van der Waals surface area contributed by atoms with Crippen LogP contribution in [0, 0.1) is 6.92 Å². The molecule has 0 unspecified atom stereocenters. The fraction of sp³-hybridized carbons (Fsp3) is 0.250. The van der Waals surface area contributed by atoms with Gasteiger partial charge in [-0.1, -0.05) is 42.1 Å². The van der Waals surface area contributed by atoms with Crippen molar-refractivity contribution in [2.24, 2.45) is 5.73 Å². The van der Waals surface area contributed by atoms with E-state index in [9.17, 15) is 14.4 Å². The molecule has 11 heteroatoms. The lowest BCUT2D eigenvalue weighted by atomic mass is 10.1. The van der Waals surface area contributed by atoms with Gasteiger partial charge in [0.1, 0.15) is 5.00 Å². The molecule has 1 aromatic carbocycles. The smallest absolute Gasteiger partial charge is 0.341 e. The topological polar surface area (TPSA) is 129 Å². The maximum atomic E-state index is 12.6. The van der Waals surface area contributed by atoms with Crippen LogP contribution < -0.4 is 11.1 Å². The monoisotopic (exact) mass is 459 g/mol. The van der Waals surface area contributed by atoms with E-state index in [4.69, 9.17) is 10.5 Å². The predicted octanol–water partition coefficient (Wildman–Crippen LogP) is 2.95. The lowest BCUT2D eigenvalue weighted by molar-refractivity contribution is -0.113. The van der Waals surface area contributed by atoms with Crippen LogP contribution in [0.25, 0.3) is 11.4 Å². The Kier molecular flexibility index (Phi) is 7.08. The summed E-state index contributed by atoms with van der Waals surface area (Å²) in [7, 11) is 1.23. The van der Waals surface area contributed by atoms with E-state index in [1.165, 1.54) is 18.9 Å². The van der Waals surface area contributed by atoms with Crippen molar-refractivity contribution in [1.29, 1.82) is 0 Å². The Morgan fingerprint density at radius 1 is 1.23 bits per heavy atom. The molecule has 0 saturated heterocycles. The summed E-state index contributed by atoms with van der Waals surface area (Å²) in [6, 6.07) is 9.66. The van der Waals surface area contributed by atoms with Crippen LogP contribution in [0.1, 0.15) is 32.5 Å². The summed E-state index contributed by atoms with van der Waals surface area (Å²) in [4.78, 5) is 36.5. The van der Waals surface area contributed by atoms with Crippen molar-refractivity contribution in [2.45, 2.75) is 25.5 Å². The van der Waals surface area contributed by atoms with Gasteiger partial charge in [-0.15, -0.1) is 21.5 Å². The predicted molar refractivity (Wildman–Crippen MR) is 119 cm³/mol. The molecule has 0 aliphatic carbocycles. The number of rotatable bonds is 8. The molecule has 3 rings (SSSR count). The standard InChI is InChI=1S/C20H21N5O4S2/c1-4-25-17(12-8-6-5-7-9-12)23-24-20(25)30-10-13(26)22-18-14(19(28)29-3)11(2)15(31-18)16(21)27/h5-9H,4,10H2,1-3H3,(H2,21,27)(H,22,26). The number of ether oxygens (including phenoxy) is 1. The minimum Gasteiger partial charge on any atom is -0.465 e. The van der Waals surface area contributed by atoms with Gasteiger partial charge >= 0.3 is 5.97 Å². The van der Waals surface area contributed by atoms with Gasteiger partial charge in [-0.05, 0) is 19.4 Å². The number of amides is 2. The van der Waals surface area contributed by atoms with Crippen LogP contribution in [-0.4, -0.2) is 45.4 Å². The Morgan fingerprint density at radius 3 is 2.55 bits per heavy atom. The molecular formula is C20H21N5O4S2. The molecule has 0 bridgehead atoms. The van der Waals surface area contributed by atoms with Crippen LogP contribution in [0.3, 0.4) is 0 Å². The number of thioether (sulfide) groups is 1. The second-order valence-electron chi connectivity index (χ2n) is 6.37.